The SMILES string of the molecule is COC(=O)C(CN)N(C)CC1CCCC1. The summed E-state index contributed by atoms with van der Waals surface area (Å²) in [7, 11) is 3.36. The van der Waals surface area contributed by atoms with Crippen molar-refractivity contribution < 1.29 is 9.53 Å². The van der Waals surface area contributed by atoms with Crippen LogP contribution in [0.2, 0.25) is 0 Å². The Kier molecular flexibility index (Phi) is 5.05. The molecule has 1 unspecified atom stereocenters. The van der Waals surface area contributed by atoms with Crippen LogP contribution in [-0.2, 0) is 9.53 Å². The van der Waals surface area contributed by atoms with E-state index < -0.39 is 0 Å². The van der Waals surface area contributed by atoms with Gasteiger partial charge in [0.2, 0.25) is 0 Å². The summed E-state index contributed by atoms with van der Waals surface area (Å²) >= 11 is 0. The Morgan fingerprint density at radius 2 is 2.13 bits per heavy atom. The van der Waals surface area contributed by atoms with Gasteiger partial charge in [0.05, 0.1) is 7.11 Å². The van der Waals surface area contributed by atoms with Crippen LogP contribution in [0.25, 0.3) is 0 Å². The number of esters is 1. The second-order valence-corrected chi connectivity index (χ2v) is 4.36. The first-order valence-electron chi connectivity index (χ1n) is 5.67. The molecule has 2 N–H and O–H groups in total. The lowest BCUT2D eigenvalue weighted by Crippen LogP contribution is -2.46. The molecule has 1 aliphatic rings. The highest BCUT2D eigenvalue weighted by Crippen LogP contribution is 2.25. The van der Waals surface area contributed by atoms with E-state index in [-0.39, 0.29) is 12.0 Å². The highest BCUT2D eigenvalue weighted by atomic mass is 16.5. The second-order valence-electron chi connectivity index (χ2n) is 4.36. The van der Waals surface area contributed by atoms with Crippen LogP contribution in [0.5, 0.6) is 0 Å². The van der Waals surface area contributed by atoms with Crippen LogP contribution in [-0.4, -0.2) is 44.2 Å². The van der Waals surface area contributed by atoms with Crippen LogP contribution < -0.4 is 5.73 Å². The first-order chi connectivity index (χ1) is 7.19. The number of rotatable bonds is 5. The fourth-order valence-corrected chi connectivity index (χ4v) is 2.32. The van der Waals surface area contributed by atoms with Crippen LogP contribution in [0.4, 0.5) is 0 Å². The van der Waals surface area contributed by atoms with Crippen molar-refractivity contribution in [3.63, 3.8) is 0 Å². The molecule has 1 fully saturated rings. The van der Waals surface area contributed by atoms with Crippen molar-refractivity contribution in [2.75, 3.05) is 27.2 Å². The second kappa shape index (κ2) is 6.08. The van der Waals surface area contributed by atoms with Crippen LogP contribution in [0.3, 0.4) is 0 Å². The summed E-state index contributed by atoms with van der Waals surface area (Å²) in [6.45, 7) is 1.28. The Morgan fingerprint density at radius 3 is 2.60 bits per heavy atom. The molecule has 0 bridgehead atoms. The van der Waals surface area contributed by atoms with Crippen molar-refractivity contribution in [2.24, 2.45) is 11.7 Å². The largest absolute Gasteiger partial charge is 0.468 e. The average molecular weight is 214 g/mol. The Bertz CT molecular complexity index is 203. The standard InChI is InChI=1S/C11H22N2O2/c1-13(8-9-5-3-4-6-9)10(7-12)11(14)15-2/h9-10H,3-8,12H2,1-2H3. The quantitative estimate of drug-likeness (QED) is 0.681. The van der Waals surface area contributed by atoms with Gasteiger partial charge in [0, 0.05) is 13.1 Å². The number of methoxy groups -OCH3 is 1. The average Bonchev–Trinajstić information content (AvgIpc) is 2.71. The van der Waals surface area contributed by atoms with Gasteiger partial charge in [-0.05, 0) is 25.8 Å². The smallest absolute Gasteiger partial charge is 0.324 e. The molecular formula is C11H22N2O2. The Hall–Kier alpha value is -0.610. The first kappa shape index (κ1) is 12.5. The molecule has 0 aliphatic heterocycles. The summed E-state index contributed by atoms with van der Waals surface area (Å²) in [5, 5.41) is 0. The molecule has 1 saturated carbocycles. The lowest BCUT2D eigenvalue weighted by molar-refractivity contribution is -0.146. The molecule has 0 aromatic rings. The maximum atomic E-state index is 11.4. The van der Waals surface area contributed by atoms with Gasteiger partial charge in [-0.1, -0.05) is 12.8 Å². The fourth-order valence-electron chi connectivity index (χ4n) is 2.32. The molecule has 1 rings (SSSR count). The van der Waals surface area contributed by atoms with E-state index in [0.29, 0.717) is 6.54 Å². The van der Waals surface area contributed by atoms with Gasteiger partial charge in [-0.3, -0.25) is 9.69 Å². The van der Waals surface area contributed by atoms with E-state index >= 15 is 0 Å². The zero-order chi connectivity index (χ0) is 11.3. The van der Waals surface area contributed by atoms with Gasteiger partial charge < -0.3 is 10.5 Å². The molecule has 0 amide bonds. The molecule has 15 heavy (non-hydrogen) atoms. The summed E-state index contributed by atoms with van der Waals surface area (Å²) in [6, 6.07) is -0.282. The van der Waals surface area contributed by atoms with Gasteiger partial charge in [0.15, 0.2) is 0 Å². The van der Waals surface area contributed by atoms with E-state index in [2.05, 4.69) is 0 Å². The van der Waals surface area contributed by atoms with Crippen molar-refractivity contribution in [2.45, 2.75) is 31.7 Å². The lowest BCUT2D eigenvalue weighted by atomic mass is 10.1. The number of nitrogens with two attached hydrogens (primary N) is 1. The maximum Gasteiger partial charge on any atom is 0.324 e. The van der Waals surface area contributed by atoms with Gasteiger partial charge in [-0.25, -0.2) is 0 Å². The predicted octanol–water partition coefficient (Wildman–Crippen LogP) is 0.609. The Labute approximate surface area is 91.8 Å². The Balaban J connectivity index is 2.41. The number of hydrogen-bond donors (Lipinski definition) is 1. The third-order valence-corrected chi connectivity index (χ3v) is 3.25. The molecule has 1 atom stereocenters. The molecule has 0 heterocycles. The third kappa shape index (κ3) is 3.47. The van der Waals surface area contributed by atoms with Crippen molar-refractivity contribution in [3.8, 4) is 0 Å². The number of nitrogens with zero attached hydrogens (tertiary/aromatic N) is 1. The van der Waals surface area contributed by atoms with E-state index in [1.807, 2.05) is 11.9 Å². The number of likely N-dealkylation sites (N-methyl/N-ethyl adjacent to an activating group) is 1. The Morgan fingerprint density at radius 1 is 1.53 bits per heavy atom. The van der Waals surface area contributed by atoms with Crippen LogP contribution >= 0.6 is 0 Å². The van der Waals surface area contributed by atoms with E-state index in [1.165, 1.54) is 32.8 Å². The van der Waals surface area contributed by atoms with Crippen LogP contribution in [0.15, 0.2) is 0 Å². The molecule has 88 valence electrons. The van der Waals surface area contributed by atoms with Crippen LogP contribution in [0, 0.1) is 5.92 Å². The van der Waals surface area contributed by atoms with Gasteiger partial charge in [0.25, 0.3) is 0 Å². The molecule has 0 saturated heterocycles. The normalized spacial score (nSPS) is 19.5. The number of carbonyl (C=O) groups excluding carboxylic acids is 1. The highest BCUT2D eigenvalue weighted by Gasteiger charge is 2.25. The minimum atomic E-state index is -0.282. The monoisotopic (exact) mass is 214 g/mol. The predicted molar refractivity (Wildman–Crippen MR) is 59.4 cm³/mol. The van der Waals surface area contributed by atoms with E-state index in [9.17, 15) is 4.79 Å². The minimum Gasteiger partial charge on any atom is -0.468 e. The molecule has 0 radical (unpaired) electrons. The van der Waals surface area contributed by atoms with Crippen LogP contribution in [0.1, 0.15) is 25.7 Å². The van der Waals surface area contributed by atoms with E-state index in [0.717, 1.165) is 12.5 Å². The lowest BCUT2D eigenvalue weighted by Gasteiger charge is -2.27. The summed E-state index contributed by atoms with van der Waals surface area (Å²) < 4.78 is 4.73. The third-order valence-electron chi connectivity index (χ3n) is 3.25. The summed E-state index contributed by atoms with van der Waals surface area (Å²) in [4.78, 5) is 13.4. The zero-order valence-electron chi connectivity index (χ0n) is 9.74. The van der Waals surface area contributed by atoms with Gasteiger partial charge in [-0.2, -0.15) is 0 Å². The van der Waals surface area contributed by atoms with Crippen molar-refractivity contribution >= 4 is 5.97 Å². The van der Waals surface area contributed by atoms with Gasteiger partial charge >= 0.3 is 5.97 Å². The summed E-state index contributed by atoms with van der Waals surface area (Å²) in [6.07, 6.45) is 5.21. The molecule has 4 nitrogen and oxygen atoms in total. The zero-order valence-corrected chi connectivity index (χ0v) is 9.74. The van der Waals surface area contributed by atoms with Crippen molar-refractivity contribution in [1.29, 1.82) is 0 Å². The highest BCUT2D eigenvalue weighted by molar-refractivity contribution is 5.75. The molecular weight excluding hydrogens is 192 g/mol. The number of ether oxygens (including phenoxy) is 1. The summed E-state index contributed by atoms with van der Waals surface area (Å²) in [5.74, 6) is 0.506. The van der Waals surface area contributed by atoms with E-state index in [1.54, 1.807) is 0 Å². The maximum absolute atomic E-state index is 11.4. The minimum absolute atomic E-state index is 0.224. The topological polar surface area (TPSA) is 55.6 Å². The number of carbonyl (C=O) groups is 1. The van der Waals surface area contributed by atoms with Crippen molar-refractivity contribution in [3.05, 3.63) is 0 Å². The molecule has 0 spiro atoms. The van der Waals surface area contributed by atoms with Gasteiger partial charge in [0.1, 0.15) is 6.04 Å². The fraction of sp³-hybridized carbons (Fsp3) is 0.909. The van der Waals surface area contributed by atoms with Crippen molar-refractivity contribution in [1.82, 2.24) is 4.90 Å². The first-order valence-corrected chi connectivity index (χ1v) is 5.67. The molecule has 4 heteroatoms. The van der Waals surface area contributed by atoms with E-state index in [4.69, 9.17) is 10.5 Å². The van der Waals surface area contributed by atoms with Gasteiger partial charge in [-0.15, -0.1) is 0 Å². The molecule has 0 aromatic carbocycles. The number of hydrogen-bond acceptors (Lipinski definition) is 4. The summed E-state index contributed by atoms with van der Waals surface area (Å²) in [5.41, 5.74) is 5.58. The molecule has 0 aromatic heterocycles. The molecule has 1 aliphatic carbocycles.